The molecule has 3 aromatic carbocycles. The molecule has 0 fully saturated rings. The number of nitrogens with two attached hydrogens (primary N) is 1. The first-order valence-corrected chi connectivity index (χ1v) is 8.93. The minimum Gasteiger partial charge on any atom is -0.400 e. The van der Waals surface area contributed by atoms with E-state index in [0.717, 1.165) is 29.4 Å². The largest absolute Gasteiger partial charge is 0.400 e. The monoisotopic (exact) mass is 359 g/mol. The van der Waals surface area contributed by atoms with E-state index >= 15 is 0 Å². The van der Waals surface area contributed by atoms with Crippen molar-refractivity contribution in [2.75, 3.05) is 7.11 Å². The third-order valence-electron chi connectivity index (χ3n) is 3.56. The smallest absolute Gasteiger partial charge is 0.238 e. The number of sulfonamides is 1. The van der Waals surface area contributed by atoms with Crippen LogP contribution >= 0.6 is 0 Å². The molecule has 4 nitrogen and oxygen atoms in total. The van der Waals surface area contributed by atoms with Crippen LogP contribution in [0.2, 0.25) is 0 Å². The third kappa shape index (κ3) is 4.51. The van der Waals surface area contributed by atoms with Gasteiger partial charge in [-0.1, -0.05) is 48.5 Å². The molecule has 0 radical (unpaired) electrons. The van der Waals surface area contributed by atoms with E-state index < -0.39 is 10.0 Å². The van der Waals surface area contributed by atoms with Gasteiger partial charge < -0.3 is 5.11 Å². The van der Waals surface area contributed by atoms with Crippen LogP contribution in [0, 0.1) is 5.82 Å². The van der Waals surface area contributed by atoms with Gasteiger partial charge >= 0.3 is 0 Å². The molecule has 3 rings (SSSR count). The normalized spacial score (nSPS) is 10.7. The van der Waals surface area contributed by atoms with Crippen molar-refractivity contribution in [2.24, 2.45) is 5.14 Å². The molecule has 0 aliphatic rings. The molecular weight excluding hydrogens is 341 g/mol. The SMILES string of the molecule is CO.NS(=O)(=O)c1ccc(-c2ccccc2-c2cccc(F)c2)cc1. The third-order valence-corrected chi connectivity index (χ3v) is 4.49. The lowest BCUT2D eigenvalue weighted by molar-refractivity contribution is 0.399. The molecule has 0 atom stereocenters. The first-order valence-electron chi connectivity index (χ1n) is 7.38. The number of hydrogen-bond donors (Lipinski definition) is 2. The lowest BCUT2D eigenvalue weighted by Gasteiger charge is -2.10. The van der Waals surface area contributed by atoms with Crippen LogP contribution in [0.4, 0.5) is 4.39 Å². The van der Waals surface area contributed by atoms with Crippen LogP contribution in [0.25, 0.3) is 22.3 Å². The van der Waals surface area contributed by atoms with Gasteiger partial charge in [0.1, 0.15) is 5.82 Å². The van der Waals surface area contributed by atoms with Gasteiger partial charge in [0.2, 0.25) is 10.0 Å². The summed E-state index contributed by atoms with van der Waals surface area (Å²) in [5, 5.41) is 12.1. The molecular formula is C19H18FNO3S. The molecule has 0 saturated carbocycles. The average molecular weight is 359 g/mol. The van der Waals surface area contributed by atoms with Crippen LogP contribution in [0.5, 0.6) is 0 Å². The molecule has 0 unspecified atom stereocenters. The summed E-state index contributed by atoms with van der Waals surface area (Å²) in [5.74, 6) is -0.304. The number of hydrogen-bond acceptors (Lipinski definition) is 3. The molecule has 0 aliphatic carbocycles. The van der Waals surface area contributed by atoms with Crippen LogP contribution in [0.1, 0.15) is 0 Å². The van der Waals surface area contributed by atoms with E-state index in [1.165, 1.54) is 24.3 Å². The molecule has 0 aromatic heterocycles. The predicted octanol–water partition coefficient (Wildman–Crippen LogP) is 3.42. The van der Waals surface area contributed by atoms with Crippen molar-refractivity contribution in [3.63, 3.8) is 0 Å². The van der Waals surface area contributed by atoms with Gasteiger partial charge in [0, 0.05) is 7.11 Å². The van der Waals surface area contributed by atoms with E-state index in [4.69, 9.17) is 10.2 Å². The Balaban J connectivity index is 0.00000109. The van der Waals surface area contributed by atoms with Crippen molar-refractivity contribution in [3.8, 4) is 22.3 Å². The highest BCUT2D eigenvalue weighted by Gasteiger charge is 2.10. The van der Waals surface area contributed by atoms with Crippen LogP contribution in [-0.2, 0) is 10.0 Å². The molecule has 6 heteroatoms. The van der Waals surface area contributed by atoms with Gasteiger partial charge in [-0.05, 0) is 46.5 Å². The summed E-state index contributed by atoms with van der Waals surface area (Å²) in [4.78, 5) is 0.0597. The maximum Gasteiger partial charge on any atom is 0.238 e. The van der Waals surface area contributed by atoms with E-state index in [1.807, 2.05) is 30.3 Å². The zero-order valence-electron chi connectivity index (χ0n) is 13.6. The van der Waals surface area contributed by atoms with Gasteiger partial charge in [0.15, 0.2) is 0 Å². The molecule has 0 heterocycles. The van der Waals surface area contributed by atoms with Gasteiger partial charge in [-0.2, -0.15) is 0 Å². The summed E-state index contributed by atoms with van der Waals surface area (Å²) in [6.45, 7) is 0. The van der Waals surface area contributed by atoms with Crippen LogP contribution in [0.15, 0.2) is 77.7 Å². The second-order valence-corrected chi connectivity index (χ2v) is 6.69. The fraction of sp³-hybridized carbons (Fsp3) is 0.0526. The number of aliphatic hydroxyl groups excluding tert-OH is 1. The average Bonchev–Trinajstić information content (AvgIpc) is 2.63. The zero-order valence-corrected chi connectivity index (χ0v) is 14.4. The number of rotatable bonds is 3. The highest BCUT2D eigenvalue weighted by atomic mass is 32.2. The maximum absolute atomic E-state index is 13.5. The number of benzene rings is 3. The second kappa shape index (κ2) is 8.02. The first kappa shape index (κ1) is 18.8. The highest BCUT2D eigenvalue weighted by molar-refractivity contribution is 7.89. The Hall–Kier alpha value is -2.54. The van der Waals surface area contributed by atoms with Gasteiger partial charge in [-0.3, -0.25) is 0 Å². The Morgan fingerprint density at radius 2 is 1.36 bits per heavy atom. The van der Waals surface area contributed by atoms with E-state index in [-0.39, 0.29) is 10.7 Å². The van der Waals surface area contributed by atoms with Gasteiger partial charge in [0.05, 0.1) is 4.90 Å². The molecule has 0 spiro atoms. The van der Waals surface area contributed by atoms with Crippen molar-refractivity contribution < 1.29 is 17.9 Å². The van der Waals surface area contributed by atoms with Crippen LogP contribution in [0.3, 0.4) is 0 Å². The molecule has 0 amide bonds. The maximum atomic E-state index is 13.5. The van der Waals surface area contributed by atoms with Gasteiger partial charge in [0.25, 0.3) is 0 Å². The summed E-state index contributed by atoms with van der Waals surface area (Å²) < 4.78 is 36.2. The molecule has 130 valence electrons. The summed E-state index contributed by atoms with van der Waals surface area (Å²) in [6, 6.07) is 20.2. The van der Waals surface area contributed by atoms with Crippen molar-refractivity contribution in [1.29, 1.82) is 0 Å². The molecule has 25 heavy (non-hydrogen) atoms. The standard InChI is InChI=1S/C18H14FNO2S.CH4O/c19-15-5-3-4-14(12-15)18-7-2-1-6-17(18)13-8-10-16(11-9-13)23(20,21)22;1-2/h1-12H,(H2,20,21,22);2H,1H3. The lowest BCUT2D eigenvalue weighted by Crippen LogP contribution is -2.11. The lowest BCUT2D eigenvalue weighted by atomic mass is 9.95. The quantitative estimate of drug-likeness (QED) is 0.752. The van der Waals surface area contributed by atoms with E-state index in [0.29, 0.717) is 0 Å². The van der Waals surface area contributed by atoms with Crippen molar-refractivity contribution in [3.05, 3.63) is 78.6 Å². The first-order chi connectivity index (χ1) is 11.9. The molecule has 0 aliphatic heterocycles. The summed E-state index contributed by atoms with van der Waals surface area (Å²) in [7, 11) is -2.72. The van der Waals surface area contributed by atoms with E-state index in [1.54, 1.807) is 18.2 Å². The Bertz CT molecular complexity index is 954. The Morgan fingerprint density at radius 3 is 1.88 bits per heavy atom. The topological polar surface area (TPSA) is 80.4 Å². The van der Waals surface area contributed by atoms with Crippen molar-refractivity contribution in [2.45, 2.75) is 4.90 Å². The molecule has 0 saturated heterocycles. The van der Waals surface area contributed by atoms with Crippen LogP contribution in [-0.4, -0.2) is 20.6 Å². The minimum absolute atomic E-state index is 0.0597. The van der Waals surface area contributed by atoms with Crippen molar-refractivity contribution >= 4 is 10.0 Å². The minimum atomic E-state index is -3.72. The zero-order chi connectivity index (χ0) is 18.4. The fourth-order valence-electron chi connectivity index (χ4n) is 2.47. The van der Waals surface area contributed by atoms with Crippen molar-refractivity contribution in [1.82, 2.24) is 0 Å². The van der Waals surface area contributed by atoms with Gasteiger partial charge in [-0.25, -0.2) is 17.9 Å². The molecule has 3 N–H and O–H groups in total. The summed E-state index contributed by atoms with van der Waals surface area (Å²) in [6.07, 6.45) is 0. The Morgan fingerprint density at radius 1 is 0.800 bits per heavy atom. The second-order valence-electron chi connectivity index (χ2n) is 5.13. The van der Waals surface area contributed by atoms with E-state index in [2.05, 4.69) is 0 Å². The predicted molar refractivity (Wildman–Crippen MR) is 96.8 cm³/mol. The number of primary sulfonamides is 1. The summed E-state index contributed by atoms with van der Waals surface area (Å²) >= 11 is 0. The summed E-state index contributed by atoms with van der Waals surface area (Å²) in [5.41, 5.74) is 3.35. The fourth-order valence-corrected chi connectivity index (χ4v) is 2.98. The number of aliphatic hydroxyl groups is 1. The molecule has 3 aromatic rings. The highest BCUT2D eigenvalue weighted by Crippen LogP contribution is 2.32. The van der Waals surface area contributed by atoms with E-state index in [9.17, 15) is 12.8 Å². The Labute approximate surface area is 146 Å². The van der Waals surface area contributed by atoms with Gasteiger partial charge in [-0.15, -0.1) is 0 Å². The van der Waals surface area contributed by atoms with Crippen LogP contribution < -0.4 is 5.14 Å². The molecule has 0 bridgehead atoms. The Kier molecular flexibility index (Phi) is 6.03. The number of halogens is 1.